The van der Waals surface area contributed by atoms with Crippen LogP contribution in [0.15, 0.2) is 53.2 Å². The average Bonchev–Trinajstić information content (AvgIpc) is 3.05. The summed E-state index contributed by atoms with van der Waals surface area (Å²) in [5, 5.41) is 0. The summed E-state index contributed by atoms with van der Waals surface area (Å²) in [6, 6.07) is 12.3. The number of aromatic nitrogens is 3. The molecule has 0 radical (unpaired) electrons. The molecular weight excluding hydrogens is 238 g/mol. The molecule has 19 heavy (non-hydrogen) atoms. The van der Waals surface area contributed by atoms with E-state index < -0.39 is 0 Å². The lowest BCUT2D eigenvalue weighted by Gasteiger charge is -1.90. The zero-order valence-corrected chi connectivity index (χ0v) is 10.1. The van der Waals surface area contributed by atoms with Gasteiger partial charge in [0.05, 0.1) is 6.20 Å². The van der Waals surface area contributed by atoms with E-state index in [-0.39, 0.29) is 0 Å². The van der Waals surface area contributed by atoms with Crippen LogP contribution in [0.25, 0.3) is 28.3 Å². The van der Waals surface area contributed by atoms with Gasteiger partial charge >= 0.3 is 11.5 Å². The van der Waals surface area contributed by atoms with Crippen molar-refractivity contribution in [3.63, 3.8) is 0 Å². The van der Waals surface area contributed by atoms with Gasteiger partial charge in [-0.05, 0) is 18.2 Å². The third-order valence-electron chi connectivity index (χ3n) is 3.75. The van der Waals surface area contributed by atoms with Crippen LogP contribution in [0, 0.1) is 0 Å². The first-order valence-electron chi connectivity index (χ1n) is 6.28. The van der Waals surface area contributed by atoms with Crippen molar-refractivity contribution in [3.8, 4) is 11.6 Å². The predicted molar refractivity (Wildman–Crippen MR) is 69.7 cm³/mol. The van der Waals surface area contributed by atoms with Crippen molar-refractivity contribution >= 4 is 16.7 Å². The maximum absolute atomic E-state index is 6.00. The molecule has 4 nitrogen and oxygen atoms in total. The molecule has 0 fully saturated rings. The standard InChI is InChI=1S/C15H10N3O/c1-2-7-17-11(5-1)8-12-14(17)18-9-10-4-3-6-16-13(10)15(18)19-12/h1-8H,9H2/q+1. The van der Waals surface area contributed by atoms with Crippen molar-refractivity contribution in [1.82, 2.24) is 9.38 Å². The lowest BCUT2D eigenvalue weighted by molar-refractivity contribution is -0.651. The smallest absolute Gasteiger partial charge is 0.333 e. The first kappa shape index (κ1) is 9.33. The molecule has 4 aromatic heterocycles. The minimum atomic E-state index is 0.826. The zero-order chi connectivity index (χ0) is 12.4. The Morgan fingerprint density at radius 3 is 3.21 bits per heavy atom. The molecule has 90 valence electrons. The minimum absolute atomic E-state index is 0.826. The zero-order valence-electron chi connectivity index (χ0n) is 10.1. The largest absolute Gasteiger partial charge is 0.412 e. The highest BCUT2D eigenvalue weighted by Crippen LogP contribution is 2.30. The molecule has 4 aromatic rings. The second kappa shape index (κ2) is 3.03. The summed E-state index contributed by atoms with van der Waals surface area (Å²) in [4.78, 5) is 4.43. The molecule has 5 rings (SSSR count). The number of hydrogen-bond acceptors (Lipinski definition) is 2. The van der Waals surface area contributed by atoms with E-state index in [1.165, 1.54) is 5.56 Å². The van der Waals surface area contributed by atoms with Crippen molar-refractivity contribution in [2.45, 2.75) is 6.54 Å². The van der Waals surface area contributed by atoms with E-state index in [1.54, 1.807) is 0 Å². The molecule has 5 heterocycles. The Bertz CT molecular complexity index is 949. The molecule has 0 unspecified atom stereocenters. The molecule has 0 bridgehead atoms. The molecule has 1 aliphatic rings. The maximum atomic E-state index is 6.00. The van der Waals surface area contributed by atoms with Crippen molar-refractivity contribution in [3.05, 3.63) is 54.4 Å². The Morgan fingerprint density at radius 2 is 2.21 bits per heavy atom. The summed E-state index contributed by atoms with van der Waals surface area (Å²) in [7, 11) is 0. The van der Waals surface area contributed by atoms with E-state index >= 15 is 0 Å². The van der Waals surface area contributed by atoms with E-state index in [1.807, 2.05) is 24.4 Å². The summed E-state index contributed by atoms with van der Waals surface area (Å²) in [5.74, 6) is 0.860. The highest BCUT2D eigenvalue weighted by atomic mass is 16.4. The van der Waals surface area contributed by atoms with Gasteiger partial charge < -0.3 is 4.42 Å². The van der Waals surface area contributed by atoms with Crippen LogP contribution in [0.1, 0.15) is 5.56 Å². The lowest BCUT2D eigenvalue weighted by atomic mass is 10.2. The molecule has 0 amide bonds. The van der Waals surface area contributed by atoms with Crippen LogP contribution in [0.5, 0.6) is 0 Å². The van der Waals surface area contributed by atoms with Gasteiger partial charge in [-0.1, -0.05) is 12.1 Å². The topological polar surface area (TPSA) is 34.3 Å². The van der Waals surface area contributed by atoms with Gasteiger partial charge in [-0.15, -0.1) is 0 Å². The summed E-state index contributed by atoms with van der Waals surface area (Å²) in [6.07, 6.45) is 3.88. The number of nitrogens with zero attached hydrogens (tertiary/aromatic N) is 3. The van der Waals surface area contributed by atoms with Crippen LogP contribution in [-0.4, -0.2) is 9.38 Å². The molecule has 0 atom stereocenters. The van der Waals surface area contributed by atoms with E-state index in [4.69, 9.17) is 4.42 Å². The fourth-order valence-corrected chi connectivity index (χ4v) is 2.93. The Labute approximate surface area is 108 Å². The van der Waals surface area contributed by atoms with Crippen molar-refractivity contribution in [2.75, 3.05) is 0 Å². The first-order valence-corrected chi connectivity index (χ1v) is 6.28. The number of hydrogen-bond donors (Lipinski definition) is 0. The second-order valence-corrected chi connectivity index (χ2v) is 4.83. The lowest BCUT2D eigenvalue weighted by Crippen LogP contribution is -2.31. The monoisotopic (exact) mass is 248 g/mol. The maximum Gasteiger partial charge on any atom is 0.333 e. The number of rotatable bonds is 0. The molecule has 4 heteroatoms. The van der Waals surface area contributed by atoms with E-state index in [0.29, 0.717) is 0 Å². The molecule has 1 aliphatic heterocycles. The fraction of sp³-hybridized carbons (Fsp3) is 0.0667. The van der Waals surface area contributed by atoms with Crippen LogP contribution < -0.4 is 4.57 Å². The van der Waals surface area contributed by atoms with Crippen molar-refractivity contribution < 1.29 is 8.98 Å². The summed E-state index contributed by atoms with van der Waals surface area (Å²) < 4.78 is 10.4. The van der Waals surface area contributed by atoms with Gasteiger partial charge in [0.25, 0.3) is 0 Å². The van der Waals surface area contributed by atoms with Crippen molar-refractivity contribution in [1.29, 1.82) is 0 Å². The Hall–Kier alpha value is -2.62. The van der Waals surface area contributed by atoms with E-state index in [9.17, 15) is 0 Å². The van der Waals surface area contributed by atoms with Gasteiger partial charge in [0, 0.05) is 17.8 Å². The fourth-order valence-electron chi connectivity index (χ4n) is 2.93. The first-order chi connectivity index (χ1) is 9.42. The Kier molecular flexibility index (Phi) is 1.49. The van der Waals surface area contributed by atoms with Crippen LogP contribution in [0.3, 0.4) is 0 Å². The van der Waals surface area contributed by atoms with Crippen LogP contribution >= 0.6 is 0 Å². The van der Waals surface area contributed by atoms with Gasteiger partial charge in [-0.25, -0.2) is 4.98 Å². The third kappa shape index (κ3) is 1.04. The second-order valence-electron chi connectivity index (χ2n) is 4.83. The summed E-state index contributed by atoms with van der Waals surface area (Å²) in [6.45, 7) is 0.826. The summed E-state index contributed by atoms with van der Waals surface area (Å²) >= 11 is 0. The highest BCUT2D eigenvalue weighted by Gasteiger charge is 2.33. The van der Waals surface area contributed by atoms with Crippen LogP contribution in [0.4, 0.5) is 0 Å². The number of fused-ring (bicyclic) bond motifs is 7. The van der Waals surface area contributed by atoms with Crippen LogP contribution in [0.2, 0.25) is 0 Å². The van der Waals surface area contributed by atoms with Crippen LogP contribution in [-0.2, 0) is 6.54 Å². The van der Waals surface area contributed by atoms with Gasteiger partial charge in [-0.2, -0.15) is 8.97 Å². The molecule has 0 N–H and O–H groups in total. The highest BCUT2D eigenvalue weighted by molar-refractivity contribution is 5.78. The van der Waals surface area contributed by atoms with E-state index in [0.717, 1.165) is 34.9 Å². The van der Waals surface area contributed by atoms with Crippen molar-refractivity contribution in [2.24, 2.45) is 0 Å². The third-order valence-corrected chi connectivity index (χ3v) is 3.75. The molecule has 0 spiro atoms. The molecule has 0 aliphatic carbocycles. The average molecular weight is 248 g/mol. The number of oxazole rings is 1. The number of pyridine rings is 2. The Balaban J connectivity index is 1.94. The molecule has 0 saturated carbocycles. The van der Waals surface area contributed by atoms with Gasteiger partial charge in [0.15, 0.2) is 5.69 Å². The van der Waals surface area contributed by atoms with Gasteiger partial charge in [0.2, 0.25) is 5.58 Å². The summed E-state index contributed by atoms with van der Waals surface area (Å²) in [5.41, 5.74) is 5.34. The van der Waals surface area contributed by atoms with E-state index in [2.05, 4.69) is 38.3 Å². The van der Waals surface area contributed by atoms with Gasteiger partial charge in [-0.3, -0.25) is 0 Å². The SMILES string of the molecule is c1cnc2c(c1)C[n+]1c-2oc2cc3ccccn3c21. The Morgan fingerprint density at radius 1 is 1.21 bits per heavy atom. The minimum Gasteiger partial charge on any atom is -0.412 e. The molecule has 0 saturated heterocycles. The predicted octanol–water partition coefficient (Wildman–Crippen LogP) is 2.40. The van der Waals surface area contributed by atoms with Gasteiger partial charge in [0.1, 0.15) is 12.1 Å². The quantitative estimate of drug-likeness (QED) is 0.394. The molecular formula is C15H10N3O+. The molecule has 0 aromatic carbocycles. The normalized spacial score (nSPS) is 13.1.